The number of benzene rings is 3. The lowest BCUT2D eigenvalue weighted by Gasteiger charge is -2.12. The summed E-state index contributed by atoms with van der Waals surface area (Å²) in [5, 5.41) is 7.90. The number of hydrogen-bond donors (Lipinski definition) is 2. The lowest BCUT2D eigenvalue weighted by atomic mass is 10.0. The van der Waals surface area contributed by atoms with E-state index < -0.39 is 0 Å². The van der Waals surface area contributed by atoms with Crippen molar-refractivity contribution in [3.8, 4) is 0 Å². The first kappa shape index (κ1) is 11.5. The monoisotopic (exact) mass is 269 g/mol. The zero-order valence-electron chi connectivity index (χ0n) is 9.55. The summed E-state index contributed by atoms with van der Waals surface area (Å²) in [5.74, 6) is 0. The zero-order chi connectivity index (χ0) is 12.5. The maximum absolute atomic E-state index is 5.06. The van der Waals surface area contributed by atoms with Gasteiger partial charge in [-0.1, -0.05) is 60.7 Å². The standard InChI is InChI=1S/C15H11NS2/c17-15(18)16-14-12-7-3-1-5-10(12)9-11-6-2-4-8-13(11)14/h1-9H,(H2,16,17,18). The van der Waals surface area contributed by atoms with Gasteiger partial charge in [0.15, 0.2) is 0 Å². The fourth-order valence-corrected chi connectivity index (χ4v) is 2.47. The molecular weight excluding hydrogens is 258 g/mol. The van der Waals surface area contributed by atoms with Crippen molar-refractivity contribution >= 4 is 56.4 Å². The van der Waals surface area contributed by atoms with Crippen LogP contribution < -0.4 is 5.32 Å². The van der Waals surface area contributed by atoms with Crippen molar-refractivity contribution in [2.45, 2.75) is 0 Å². The second-order valence-corrected chi connectivity index (χ2v) is 5.28. The van der Waals surface area contributed by atoms with E-state index >= 15 is 0 Å². The molecule has 0 amide bonds. The number of fused-ring (bicyclic) bond motifs is 2. The van der Waals surface area contributed by atoms with Gasteiger partial charge in [-0.15, -0.1) is 12.6 Å². The third kappa shape index (κ3) is 1.96. The summed E-state index contributed by atoms with van der Waals surface area (Å²) >= 11 is 9.24. The second-order valence-electron chi connectivity index (χ2n) is 4.12. The molecule has 0 saturated heterocycles. The molecule has 0 atom stereocenters. The molecule has 0 spiro atoms. The summed E-state index contributed by atoms with van der Waals surface area (Å²) in [6, 6.07) is 18.7. The zero-order valence-corrected chi connectivity index (χ0v) is 11.3. The van der Waals surface area contributed by atoms with Gasteiger partial charge in [-0.25, -0.2) is 0 Å². The molecule has 3 aromatic rings. The first-order chi connectivity index (χ1) is 8.75. The molecule has 18 heavy (non-hydrogen) atoms. The van der Waals surface area contributed by atoms with Crippen LogP contribution in [0, 0.1) is 0 Å². The van der Waals surface area contributed by atoms with E-state index in [1.54, 1.807) is 0 Å². The Bertz CT molecular complexity index is 696. The molecule has 0 heterocycles. The quantitative estimate of drug-likeness (QED) is 0.380. The Labute approximate surface area is 116 Å². The topological polar surface area (TPSA) is 12.0 Å². The first-order valence-corrected chi connectivity index (χ1v) is 6.52. The minimum absolute atomic E-state index is 0.483. The third-order valence-corrected chi connectivity index (χ3v) is 3.22. The molecule has 3 heteroatoms. The number of nitrogens with one attached hydrogen (secondary N) is 1. The highest BCUT2D eigenvalue weighted by molar-refractivity contribution is 8.11. The molecule has 0 saturated carbocycles. The summed E-state index contributed by atoms with van der Waals surface area (Å²) in [6.45, 7) is 0. The van der Waals surface area contributed by atoms with Gasteiger partial charge >= 0.3 is 0 Å². The molecule has 3 rings (SSSR count). The van der Waals surface area contributed by atoms with Crippen molar-refractivity contribution in [1.82, 2.24) is 0 Å². The van der Waals surface area contributed by atoms with E-state index in [1.807, 2.05) is 24.3 Å². The van der Waals surface area contributed by atoms with Crippen molar-refractivity contribution in [2.75, 3.05) is 5.32 Å². The summed E-state index contributed by atoms with van der Waals surface area (Å²) in [7, 11) is 0. The molecule has 1 N–H and O–H groups in total. The van der Waals surface area contributed by atoms with E-state index in [9.17, 15) is 0 Å². The normalized spacial score (nSPS) is 10.7. The Morgan fingerprint density at radius 3 is 1.89 bits per heavy atom. The predicted molar refractivity (Wildman–Crippen MR) is 86.7 cm³/mol. The molecule has 0 aromatic heterocycles. The van der Waals surface area contributed by atoms with Crippen molar-refractivity contribution in [3.63, 3.8) is 0 Å². The summed E-state index contributed by atoms with van der Waals surface area (Å²) in [4.78, 5) is 0. The van der Waals surface area contributed by atoms with Crippen LogP contribution >= 0.6 is 24.8 Å². The Morgan fingerprint density at radius 2 is 1.39 bits per heavy atom. The van der Waals surface area contributed by atoms with E-state index in [2.05, 4.69) is 48.3 Å². The van der Waals surface area contributed by atoms with Gasteiger partial charge in [0.1, 0.15) is 4.32 Å². The number of thiocarbonyl (C=S) groups is 1. The lowest BCUT2D eigenvalue weighted by Crippen LogP contribution is -2.02. The van der Waals surface area contributed by atoms with Crippen molar-refractivity contribution < 1.29 is 0 Å². The third-order valence-electron chi connectivity index (χ3n) is 3.00. The highest BCUT2D eigenvalue weighted by Crippen LogP contribution is 2.32. The first-order valence-electron chi connectivity index (χ1n) is 5.66. The van der Waals surface area contributed by atoms with Crippen molar-refractivity contribution in [2.24, 2.45) is 0 Å². The average Bonchev–Trinajstić information content (AvgIpc) is 2.38. The van der Waals surface area contributed by atoms with Gasteiger partial charge in [0.25, 0.3) is 0 Å². The number of hydrogen-bond acceptors (Lipinski definition) is 1. The Morgan fingerprint density at radius 1 is 0.889 bits per heavy atom. The van der Waals surface area contributed by atoms with Crippen LogP contribution in [0.3, 0.4) is 0 Å². The Hall–Kier alpha value is -1.58. The maximum atomic E-state index is 5.06. The van der Waals surface area contributed by atoms with Gasteiger partial charge in [-0.3, -0.25) is 0 Å². The van der Waals surface area contributed by atoms with E-state index in [-0.39, 0.29) is 0 Å². The van der Waals surface area contributed by atoms with Crippen molar-refractivity contribution in [3.05, 3.63) is 54.6 Å². The van der Waals surface area contributed by atoms with Crippen LogP contribution in [-0.4, -0.2) is 4.32 Å². The van der Waals surface area contributed by atoms with Crippen LogP contribution in [-0.2, 0) is 0 Å². The fraction of sp³-hybridized carbons (Fsp3) is 0. The molecule has 0 fully saturated rings. The molecule has 0 radical (unpaired) electrons. The number of rotatable bonds is 1. The molecule has 0 bridgehead atoms. The van der Waals surface area contributed by atoms with Crippen LogP contribution in [0.2, 0.25) is 0 Å². The van der Waals surface area contributed by atoms with E-state index in [0.717, 1.165) is 16.5 Å². The molecule has 88 valence electrons. The number of anilines is 1. The molecule has 0 aliphatic rings. The molecule has 0 aliphatic heterocycles. The van der Waals surface area contributed by atoms with Crippen LogP contribution in [0.15, 0.2) is 54.6 Å². The maximum Gasteiger partial charge on any atom is 0.135 e. The minimum Gasteiger partial charge on any atom is -0.340 e. The molecular formula is C15H11NS2. The van der Waals surface area contributed by atoms with Gasteiger partial charge in [0.2, 0.25) is 0 Å². The van der Waals surface area contributed by atoms with Crippen molar-refractivity contribution in [1.29, 1.82) is 0 Å². The SMILES string of the molecule is S=C(S)Nc1c2ccccc2cc2ccccc12. The predicted octanol–water partition coefficient (Wildman–Crippen LogP) is 4.62. The molecule has 3 aromatic carbocycles. The summed E-state index contributed by atoms with van der Waals surface area (Å²) < 4.78 is 0.483. The minimum atomic E-state index is 0.483. The van der Waals surface area contributed by atoms with Crippen LogP contribution in [0.1, 0.15) is 0 Å². The Balaban J connectivity index is 2.45. The fourth-order valence-electron chi connectivity index (χ4n) is 2.26. The molecule has 0 aliphatic carbocycles. The summed E-state index contributed by atoms with van der Waals surface area (Å²) in [5.41, 5.74) is 1.03. The van der Waals surface area contributed by atoms with Gasteiger partial charge in [-0.05, 0) is 16.8 Å². The molecule has 0 unspecified atom stereocenters. The van der Waals surface area contributed by atoms with E-state index in [0.29, 0.717) is 4.32 Å². The second kappa shape index (κ2) is 4.59. The van der Waals surface area contributed by atoms with Crippen LogP contribution in [0.4, 0.5) is 5.69 Å². The van der Waals surface area contributed by atoms with Gasteiger partial charge in [0.05, 0.1) is 5.69 Å². The smallest absolute Gasteiger partial charge is 0.135 e. The van der Waals surface area contributed by atoms with E-state index in [1.165, 1.54) is 10.8 Å². The summed E-state index contributed by atoms with van der Waals surface area (Å²) in [6.07, 6.45) is 0. The lowest BCUT2D eigenvalue weighted by molar-refractivity contribution is 1.73. The Kier molecular flexibility index (Phi) is 2.94. The molecule has 1 nitrogen and oxygen atoms in total. The number of thiol groups is 1. The van der Waals surface area contributed by atoms with Gasteiger partial charge in [-0.2, -0.15) is 0 Å². The highest BCUT2D eigenvalue weighted by atomic mass is 32.1. The van der Waals surface area contributed by atoms with Crippen LogP contribution in [0.25, 0.3) is 21.5 Å². The van der Waals surface area contributed by atoms with Gasteiger partial charge in [0, 0.05) is 10.8 Å². The highest BCUT2D eigenvalue weighted by Gasteiger charge is 2.07. The average molecular weight is 269 g/mol. The van der Waals surface area contributed by atoms with Crippen LogP contribution in [0.5, 0.6) is 0 Å². The van der Waals surface area contributed by atoms with E-state index in [4.69, 9.17) is 12.2 Å². The largest absolute Gasteiger partial charge is 0.340 e. The van der Waals surface area contributed by atoms with Gasteiger partial charge < -0.3 is 5.32 Å².